The van der Waals surface area contributed by atoms with Crippen LogP contribution >= 0.6 is 11.6 Å². The van der Waals surface area contributed by atoms with E-state index in [9.17, 15) is 4.39 Å². The standard InChI is InChI=1S/C16H23ClFN/c1-2-4-11-7-8-15(19)13(9-11)10-12-5-3-6-14(18)16(12)17/h3,5-6,11,13,15H,2,4,7-10,19H2,1H3. The van der Waals surface area contributed by atoms with E-state index in [1.54, 1.807) is 6.07 Å². The first-order valence-corrected chi connectivity index (χ1v) is 7.68. The summed E-state index contributed by atoms with van der Waals surface area (Å²) in [7, 11) is 0. The zero-order valence-electron chi connectivity index (χ0n) is 11.5. The maximum atomic E-state index is 13.5. The molecule has 0 bridgehead atoms. The van der Waals surface area contributed by atoms with Crippen LogP contribution in [0.1, 0.15) is 44.6 Å². The Kier molecular flexibility index (Phi) is 5.23. The zero-order valence-corrected chi connectivity index (χ0v) is 12.3. The monoisotopic (exact) mass is 283 g/mol. The lowest BCUT2D eigenvalue weighted by atomic mass is 9.74. The van der Waals surface area contributed by atoms with E-state index >= 15 is 0 Å². The number of nitrogens with two attached hydrogens (primary N) is 1. The lowest BCUT2D eigenvalue weighted by Gasteiger charge is -2.34. The van der Waals surface area contributed by atoms with Crippen molar-refractivity contribution >= 4 is 11.6 Å². The van der Waals surface area contributed by atoms with Crippen molar-refractivity contribution in [2.75, 3.05) is 0 Å². The van der Waals surface area contributed by atoms with E-state index < -0.39 is 0 Å². The van der Waals surface area contributed by atoms with E-state index in [-0.39, 0.29) is 16.9 Å². The van der Waals surface area contributed by atoms with Crippen LogP contribution in [0.15, 0.2) is 18.2 Å². The SMILES string of the molecule is CCCC1CCC(N)C(Cc2cccc(F)c2Cl)C1. The van der Waals surface area contributed by atoms with Crippen molar-refractivity contribution in [2.24, 2.45) is 17.6 Å². The van der Waals surface area contributed by atoms with Gasteiger partial charge in [-0.1, -0.05) is 43.5 Å². The minimum atomic E-state index is -0.325. The van der Waals surface area contributed by atoms with E-state index in [0.717, 1.165) is 30.7 Å². The molecule has 1 aliphatic rings. The van der Waals surface area contributed by atoms with E-state index in [1.807, 2.05) is 6.07 Å². The van der Waals surface area contributed by atoms with E-state index in [2.05, 4.69) is 6.92 Å². The maximum Gasteiger partial charge on any atom is 0.142 e. The van der Waals surface area contributed by atoms with Crippen molar-refractivity contribution < 1.29 is 4.39 Å². The Labute approximate surface area is 120 Å². The molecule has 2 rings (SSSR count). The average molecular weight is 284 g/mol. The van der Waals surface area contributed by atoms with Gasteiger partial charge in [0.25, 0.3) is 0 Å². The van der Waals surface area contributed by atoms with Gasteiger partial charge in [0, 0.05) is 6.04 Å². The first-order valence-electron chi connectivity index (χ1n) is 7.30. The van der Waals surface area contributed by atoms with E-state index in [0.29, 0.717) is 5.92 Å². The summed E-state index contributed by atoms with van der Waals surface area (Å²) < 4.78 is 13.5. The van der Waals surface area contributed by atoms with Crippen molar-refractivity contribution in [3.8, 4) is 0 Å². The van der Waals surface area contributed by atoms with Gasteiger partial charge in [0.05, 0.1) is 5.02 Å². The highest BCUT2D eigenvalue weighted by Gasteiger charge is 2.28. The molecular formula is C16H23ClFN. The Balaban J connectivity index is 2.05. The molecule has 1 aromatic carbocycles. The lowest BCUT2D eigenvalue weighted by molar-refractivity contribution is 0.221. The van der Waals surface area contributed by atoms with Gasteiger partial charge in [-0.25, -0.2) is 4.39 Å². The van der Waals surface area contributed by atoms with Gasteiger partial charge < -0.3 is 5.73 Å². The van der Waals surface area contributed by atoms with Crippen LogP contribution in [0.2, 0.25) is 5.02 Å². The molecule has 19 heavy (non-hydrogen) atoms. The van der Waals surface area contributed by atoms with Crippen LogP contribution in [0.25, 0.3) is 0 Å². The smallest absolute Gasteiger partial charge is 0.142 e. The summed E-state index contributed by atoms with van der Waals surface area (Å²) in [6.45, 7) is 2.23. The molecule has 1 nitrogen and oxygen atoms in total. The Bertz CT molecular complexity index is 421. The molecule has 0 aliphatic heterocycles. The van der Waals surface area contributed by atoms with E-state index in [1.165, 1.54) is 25.3 Å². The average Bonchev–Trinajstić information content (AvgIpc) is 2.39. The minimum Gasteiger partial charge on any atom is -0.327 e. The molecule has 1 aliphatic carbocycles. The van der Waals surface area contributed by atoms with E-state index in [4.69, 9.17) is 17.3 Å². The molecule has 0 saturated heterocycles. The third-order valence-electron chi connectivity index (χ3n) is 4.36. The molecule has 106 valence electrons. The summed E-state index contributed by atoms with van der Waals surface area (Å²) in [5.41, 5.74) is 7.14. The second-order valence-corrected chi connectivity index (χ2v) is 6.19. The number of rotatable bonds is 4. The van der Waals surface area contributed by atoms with Crippen LogP contribution in [-0.4, -0.2) is 6.04 Å². The van der Waals surface area contributed by atoms with Gasteiger partial charge in [0.1, 0.15) is 5.82 Å². The molecule has 0 aromatic heterocycles. The second kappa shape index (κ2) is 6.71. The number of halogens is 2. The van der Waals surface area contributed by atoms with Crippen molar-refractivity contribution in [1.29, 1.82) is 0 Å². The Hall–Kier alpha value is -0.600. The fourth-order valence-corrected chi connectivity index (χ4v) is 3.48. The van der Waals surface area contributed by atoms with Crippen LogP contribution < -0.4 is 5.73 Å². The highest BCUT2D eigenvalue weighted by atomic mass is 35.5. The van der Waals surface area contributed by atoms with Crippen LogP contribution in [-0.2, 0) is 6.42 Å². The molecule has 1 saturated carbocycles. The van der Waals surface area contributed by atoms with Crippen LogP contribution in [0.5, 0.6) is 0 Å². The first-order chi connectivity index (χ1) is 9.11. The van der Waals surface area contributed by atoms with Gasteiger partial charge in [-0.2, -0.15) is 0 Å². The van der Waals surface area contributed by atoms with Gasteiger partial charge in [-0.15, -0.1) is 0 Å². The predicted octanol–water partition coefficient (Wildman–Crippen LogP) is 4.57. The van der Waals surface area contributed by atoms with Gasteiger partial charge in [-0.05, 0) is 49.1 Å². The summed E-state index contributed by atoms with van der Waals surface area (Å²) in [4.78, 5) is 0. The van der Waals surface area contributed by atoms with Gasteiger partial charge in [0.2, 0.25) is 0 Å². The minimum absolute atomic E-state index is 0.229. The lowest BCUT2D eigenvalue weighted by Crippen LogP contribution is -2.37. The normalized spacial score (nSPS) is 27.5. The molecule has 3 atom stereocenters. The number of benzene rings is 1. The Morgan fingerprint density at radius 2 is 2.16 bits per heavy atom. The first kappa shape index (κ1) is 14.8. The largest absolute Gasteiger partial charge is 0.327 e. The molecule has 2 N–H and O–H groups in total. The molecule has 3 unspecified atom stereocenters. The fraction of sp³-hybridized carbons (Fsp3) is 0.625. The molecular weight excluding hydrogens is 261 g/mol. The van der Waals surface area contributed by atoms with Crippen LogP contribution in [0, 0.1) is 17.7 Å². The van der Waals surface area contributed by atoms with Gasteiger partial charge in [-0.3, -0.25) is 0 Å². The molecule has 1 fully saturated rings. The summed E-state index contributed by atoms with van der Waals surface area (Å²) in [5.74, 6) is 0.889. The Morgan fingerprint density at radius 3 is 2.89 bits per heavy atom. The summed E-state index contributed by atoms with van der Waals surface area (Å²) >= 11 is 6.04. The predicted molar refractivity (Wildman–Crippen MR) is 78.8 cm³/mol. The van der Waals surface area contributed by atoms with Crippen molar-refractivity contribution in [1.82, 2.24) is 0 Å². The Morgan fingerprint density at radius 1 is 1.37 bits per heavy atom. The molecule has 0 spiro atoms. The van der Waals surface area contributed by atoms with Crippen LogP contribution in [0.4, 0.5) is 4.39 Å². The summed E-state index contributed by atoms with van der Waals surface area (Å²) in [5, 5.41) is 0.271. The molecule has 0 radical (unpaired) electrons. The van der Waals surface area contributed by atoms with Gasteiger partial charge in [0.15, 0.2) is 0 Å². The van der Waals surface area contributed by atoms with Gasteiger partial charge >= 0.3 is 0 Å². The topological polar surface area (TPSA) is 26.0 Å². The second-order valence-electron chi connectivity index (χ2n) is 5.81. The number of hydrogen-bond donors (Lipinski definition) is 1. The molecule has 1 aromatic rings. The van der Waals surface area contributed by atoms with Crippen molar-refractivity contribution in [2.45, 2.75) is 51.5 Å². The molecule has 0 heterocycles. The zero-order chi connectivity index (χ0) is 13.8. The van der Waals surface area contributed by atoms with Crippen molar-refractivity contribution in [3.05, 3.63) is 34.6 Å². The highest BCUT2D eigenvalue weighted by Crippen LogP contribution is 2.34. The molecule has 3 heteroatoms. The van der Waals surface area contributed by atoms with Crippen LogP contribution in [0.3, 0.4) is 0 Å². The maximum absolute atomic E-state index is 13.5. The third-order valence-corrected chi connectivity index (χ3v) is 4.78. The van der Waals surface area contributed by atoms with Crippen molar-refractivity contribution in [3.63, 3.8) is 0 Å². The quantitative estimate of drug-likeness (QED) is 0.861. The summed E-state index contributed by atoms with van der Waals surface area (Å²) in [6.07, 6.45) is 6.79. The molecule has 0 amide bonds. The number of hydrogen-bond acceptors (Lipinski definition) is 1. The highest BCUT2D eigenvalue weighted by molar-refractivity contribution is 6.31. The summed E-state index contributed by atoms with van der Waals surface area (Å²) in [6, 6.07) is 5.29. The third kappa shape index (κ3) is 3.70. The fourth-order valence-electron chi connectivity index (χ4n) is 3.28.